The summed E-state index contributed by atoms with van der Waals surface area (Å²) < 4.78 is 20.0. The zero-order valence-electron chi connectivity index (χ0n) is 13.7. The molecule has 1 aliphatic rings. The van der Waals surface area contributed by atoms with Crippen molar-refractivity contribution in [2.24, 2.45) is 0 Å². The zero-order chi connectivity index (χ0) is 17.1. The summed E-state index contributed by atoms with van der Waals surface area (Å²) >= 11 is 0. The van der Waals surface area contributed by atoms with Crippen LogP contribution in [0, 0.1) is 0 Å². The average Bonchev–Trinajstić information content (AvgIpc) is 3.30. The molecule has 3 atom stereocenters. The van der Waals surface area contributed by atoms with Crippen molar-refractivity contribution in [2.45, 2.75) is 37.6 Å². The molecule has 2 N–H and O–H groups in total. The Balaban J connectivity index is 1.30. The van der Waals surface area contributed by atoms with E-state index in [1.165, 1.54) is 6.33 Å². The van der Waals surface area contributed by atoms with Gasteiger partial charge in [-0.05, 0) is 24.8 Å². The number of alkyl halides is 1. The number of hydrogen-bond donors (Lipinski definition) is 2. The Hall–Kier alpha value is -2.54. The van der Waals surface area contributed by atoms with Crippen LogP contribution in [0.2, 0.25) is 0 Å². The number of ether oxygens (including phenoxy) is 1. The number of H-pyrrole nitrogens is 1. The molecule has 1 fully saturated rings. The molecule has 0 saturated heterocycles. The van der Waals surface area contributed by atoms with Gasteiger partial charge >= 0.3 is 0 Å². The molecule has 0 aliphatic heterocycles. The van der Waals surface area contributed by atoms with Gasteiger partial charge in [0.1, 0.15) is 18.3 Å². The number of hydrogen-bond acceptors (Lipinski definition) is 5. The van der Waals surface area contributed by atoms with E-state index in [1.807, 2.05) is 18.2 Å². The second-order valence-corrected chi connectivity index (χ2v) is 6.34. The number of benzene rings is 1. The minimum atomic E-state index is -1.08. The Kier molecular flexibility index (Phi) is 4.56. The van der Waals surface area contributed by atoms with Crippen LogP contribution in [0.5, 0.6) is 0 Å². The van der Waals surface area contributed by atoms with Crippen LogP contribution >= 0.6 is 0 Å². The van der Waals surface area contributed by atoms with Crippen molar-refractivity contribution < 1.29 is 9.13 Å². The smallest absolute Gasteiger partial charge is 0.160 e. The molecule has 6 nitrogen and oxygen atoms in total. The van der Waals surface area contributed by atoms with Crippen molar-refractivity contribution in [1.29, 1.82) is 0 Å². The van der Waals surface area contributed by atoms with Crippen LogP contribution in [0.4, 0.5) is 10.2 Å². The number of aromatic nitrogens is 4. The van der Waals surface area contributed by atoms with Crippen molar-refractivity contribution in [3.05, 3.63) is 48.4 Å². The van der Waals surface area contributed by atoms with E-state index in [2.05, 4.69) is 25.5 Å². The summed E-state index contributed by atoms with van der Waals surface area (Å²) in [4.78, 5) is 8.43. The number of anilines is 1. The maximum Gasteiger partial charge on any atom is 0.160 e. The van der Waals surface area contributed by atoms with Gasteiger partial charge in [-0.2, -0.15) is 5.10 Å². The lowest BCUT2D eigenvalue weighted by Gasteiger charge is -2.16. The second kappa shape index (κ2) is 7.14. The van der Waals surface area contributed by atoms with Gasteiger partial charge in [-0.1, -0.05) is 30.3 Å². The third kappa shape index (κ3) is 3.61. The van der Waals surface area contributed by atoms with Crippen LogP contribution < -0.4 is 5.32 Å². The Labute approximate surface area is 144 Å². The van der Waals surface area contributed by atoms with E-state index < -0.39 is 6.17 Å². The first-order valence-electron chi connectivity index (χ1n) is 8.51. The molecule has 0 bridgehead atoms. The lowest BCUT2D eigenvalue weighted by atomic mass is 10.1. The number of fused-ring (bicyclic) bond motifs is 1. The molecule has 2 heterocycles. The van der Waals surface area contributed by atoms with E-state index in [-0.39, 0.29) is 18.8 Å². The van der Waals surface area contributed by atoms with Gasteiger partial charge in [-0.25, -0.2) is 14.4 Å². The fourth-order valence-electron chi connectivity index (χ4n) is 3.27. The van der Waals surface area contributed by atoms with E-state index >= 15 is 0 Å². The minimum Gasteiger partial charge on any atom is -0.375 e. The molecule has 1 unspecified atom stereocenters. The average molecular weight is 341 g/mol. The maximum atomic E-state index is 14.2. The predicted molar refractivity (Wildman–Crippen MR) is 93.0 cm³/mol. The molecule has 3 aromatic rings. The van der Waals surface area contributed by atoms with Gasteiger partial charge in [0.2, 0.25) is 0 Å². The molecule has 0 amide bonds. The quantitative estimate of drug-likeness (QED) is 0.718. The summed E-state index contributed by atoms with van der Waals surface area (Å²) in [6.45, 7) is 0.0981. The molecule has 25 heavy (non-hydrogen) atoms. The Bertz CT molecular complexity index is 824. The molecule has 7 heteroatoms. The summed E-state index contributed by atoms with van der Waals surface area (Å²) in [6, 6.07) is 9.41. The molecule has 1 saturated carbocycles. The SMILES string of the molecule is F[C@@H](CO[C@H]1CCC(Nc2ncnc3[nH]ncc23)C1)c1ccccc1. The third-order valence-corrected chi connectivity index (χ3v) is 4.61. The molecular weight excluding hydrogens is 321 g/mol. The van der Waals surface area contributed by atoms with Crippen LogP contribution in [-0.2, 0) is 4.74 Å². The molecule has 0 radical (unpaired) electrons. The molecule has 2 aromatic heterocycles. The highest BCUT2D eigenvalue weighted by Crippen LogP contribution is 2.28. The zero-order valence-corrected chi connectivity index (χ0v) is 13.7. The van der Waals surface area contributed by atoms with Crippen LogP contribution in [0.1, 0.15) is 31.0 Å². The van der Waals surface area contributed by atoms with Crippen molar-refractivity contribution >= 4 is 16.9 Å². The number of rotatable bonds is 6. The Morgan fingerprint density at radius 3 is 3.00 bits per heavy atom. The summed E-state index contributed by atoms with van der Waals surface area (Å²) in [5.41, 5.74) is 1.38. The van der Waals surface area contributed by atoms with Gasteiger partial charge in [0.15, 0.2) is 5.65 Å². The summed E-state index contributed by atoms with van der Waals surface area (Å²) in [5.74, 6) is 0.775. The normalized spacial score (nSPS) is 21.5. The van der Waals surface area contributed by atoms with E-state index in [1.54, 1.807) is 18.3 Å². The molecule has 4 rings (SSSR count). The van der Waals surface area contributed by atoms with Crippen LogP contribution in [-0.4, -0.2) is 38.9 Å². The lowest BCUT2D eigenvalue weighted by molar-refractivity contribution is 0.0217. The standard InChI is InChI=1S/C18H20FN5O/c19-16(12-4-2-1-3-5-12)10-25-14-7-6-13(8-14)23-17-15-9-22-24-18(15)21-11-20-17/h1-5,9,11,13-14,16H,6-8,10H2,(H2,20,21,22,23,24)/t13?,14-,16-/m0/s1. The fraction of sp³-hybridized carbons (Fsp3) is 0.389. The number of aromatic amines is 1. The highest BCUT2D eigenvalue weighted by molar-refractivity contribution is 5.85. The molecule has 130 valence electrons. The maximum absolute atomic E-state index is 14.2. The Morgan fingerprint density at radius 2 is 2.12 bits per heavy atom. The van der Waals surface area contributed by atoms with Crippen LogP contribution in [0.15, 0.2) is 42.9 Å². The first kappa shape index (κ1) is 16.0. The summed E-state index contributed by atoms with van der Waals surface area (Å²) in [5, 5.41) is 11.1. The highest BCUT2D eigenvalue weighted by atomic mass is 19.1. The first-order chi connectivity index (χ1) is 12.3. The van der Waals surface area contributed by atoms with Crippen LogP contribution in [0.25, 0.3) is 11.0 Å². The van der Waals surface area contributed by atoms with Crippen LogP contribution in [0.3, 0.4) is 0 Å². The van der Waals surface area contributed by atoms with Crippen molar-refractivity contribution in [3.63, 3.8) is 0 Å². The van der Waals surface area contributed by atoms with Crippen molar-refractivity contribution in [3.8, 4) is 0 Å². The van der Waals surface area contributed by atoms with Gasteiger partial charge < -0.3 is 10.1 Å². The largest absolute Gasteiger partial charge is 0.375 e. The molecule has 0 spiro atoms. The molecular formula is C18H20FN5O. The number of halogens is 1. The molecule has 1 aliphatic carbocycles. The lowest BCUT2D eigenvalue weighted by Crippen LogP contribution is -2.19. The minimum absolute atomic E-state index is 0.0705. The number of nitrogens with one attached hydrogen (secondary N) is 2. The summed E-state index contributed by atoms with van der Waals surface area (Å²) in [6.07, 6.45) is 4.94. The van der Waals surface area contributed by atoms with E-state index in [0.717, 1.165) is 30.5 Å². The van der Waals surface area contributed by atoms with E-state index in [0.29, 0.717) is 11.2 Å². The van der Waals surface area contributed by atoms with E-state index in [4.69, 9.17) is 4.74 Å². The van der Waals surface area contributed by atoms with Gasteiger partial charge in [0, 0.05) is 6.04 Å². The highest BCUT2D eigenvalue weighted by Gasteiger charge is 2.27. The second-order valence-electron chi connectivity index (χ2n) is 6.34. The van der Waals surface area contributed by atoms with Crippen molar-refractivity contribution in [2.75, 3.05) is 11.9 Å². The third-order valence-electron chi connectivity index (χ3n) is 4.61. The van der Waals surface area contributed by atoms with E-state index in [9.17, 15) is 4.39 Å². The van der Waals surface area contributed by atoms with Gasteiger partial charge in [0.25, 0.3) is 0 Å². The molecule has 1 aromatic carbocycles. The van der Waals surface area contributed by atoms with Gasteiger partial charge in [-0.3, -0.25) is 5.10 Å². The predicted octanol–water partition coefficient (Wildman–Crippen LogP) is 3.41. The Morgan fingerprint density at radius 1 is 1.24 bits per heavy atom. The first-order valence-corrected chi connectivity index (χ1v) is 8.51. The van der Waals surface area contributed by atoms with Crippen molar-refractivity contribution in [1.82, 2.24) is 20.2 Å². The summed E-state index contributed by atoms with van der Waals surface area (Å²) in [7, 11) is 0. The van der Waals surface area contributed by atoms with Gasteiger partial charge in [0.05, 0.1) is 24.3 Å². The monoisotopic (exact) mass is 341 g/mol. The number of nitrogens with zero attached hydrogens (tertiary/aromatic N) is 3. The topological polar surface area (TPSA) is 75.7 Å². The van der Waals surface area contributed by atoms with Gasteiger partial charge in [-0.15, -0.1) is 0 Å². The fourth-order valence-corrected chi connectivity index (χ4v) is 3.27.